The highest BCUT2D eigenvalue weighted by atomic mass is 16.1. The predicted molar refractivity (Wildman–Crippen MR) is 72.8 cm³/mol. The molecule has 3 rings (SSSR count). The van der Waals surface area contributed by atoms with Crippen molar-refractivity contribution in [3.05, 3.63) is 35.4 Å². The van der Waals surface area contributed by atoms with Gasteiger partial charge < -0.3 is 4.90 Å². The van der Waals surface area contributed by atoms with Gasteiger partial charge in [-0.15, -0.1) is 0 Å². The lowest BCUT2D eigenvalue weighted by Crippen LogP contribution is -2.42. The summed E-state index contributed by atoms with van der Waals surface area (Å²) in [7, 11) is 2.19. The Morgan fingerprint density at radius 1 is 1.21 bits per heavy atom. The Balaban J connectivity index is 1.76. The van der Waals surface area contributed by atoms with Crippen molar-refractivity contribution in [1.82, 2.24) is 4.90 Å². The smallest absolute Gasteiger partial charge is 0.166 e. The van der Waals surface area contributed by atoms with E-state index in [2.05, 4.69) is 18.0 Å². The van der Waals surface area contributed by atoms with Crippen LogP contribution in [0.4, 0.5) is 0 Å². The molecule has 1 aromatic carbocycles. The monoisotopic (exact) mass is 254 g/mol. The maximum absolute atomic E-state index is 12.5. The number of nitriles is 1. The van der Waals surface area contributed by atoms with Gasteiger partial charge in [-0.3, -0.25) is 4.79 Å². The predicted octanol–water partition coefficient (Wildman–Crippen LogP) is 2.61. The molecule has 0 aromatic heterocycles. The lowest BCUT2D eigenvalue weighted by molar-refractivity contribution is 0.0767. The summed E-state index contributed by atoms with van der Waals surface area (Å²) in [5.74, 6) is 0.427. The minimum Gasteiger partial charge on any atom is -0.300 e. The van der Waals surface area contributed by atoms with E-state index in [0.717, 1.165) is 18.4 Å². The first-order valence-electron chi connectivity index (χ1n) is 6.95. The van der Waals surface area contributed by atoms with Gasteiger partial charge in [-0.05, 0) is 44.9 Å². The van der Waals surface area contributed by atoms with Crippen LogP contribution in [0.3, 0.4) is 0 Å². The first kappa shape index (κ1) is 12.4. The van der Waals surface area contributed by atoms with Crippen LogP contribution in [0.25, 0.3) is 0 Å². The molecule has 2 fully saturated rings. The third-order valence-electron chi connectivity index (χ3n) is 4.77. The molecule has 3 heteroatoms. The first-order valence-corrected chi connectivity index (χ1v) is 6.95. The summed E-state index contributed by atoms with van der Waals surface area (Å²) in [5, 5.41) is 8.78. The number of benzene rings is 1. The maximum Gasteiger partial charge on any atom is 0.166 e. The molecule has 0 saturated carbocycles. The molecule has 2 aliphatic rings. The molecule has 3 nitrogen and oxygen atoms in total. The van der Waals surface area contributed by atoms with Gasteiger partial charge in [0.05, 0.1) is 11.6 Å². The van der Waals surface area contributed by atoms with Gasteiger partial charge in [-0.1, -0.05) is 12.1 Å². The Morgan fingerprint density at radius 2 is 1.79 bits per heavy atom. The molecular weight excluding hydrogens is 236 g/mol. The first-order chi connectivity index (χ1) is 9.19. The molecule has 2 bridgehead atoms. The quantitative estimate of drug-likeness (QED) is 0.762. The molecular formula is C16H18N2O. The molecule has 0 aliphatic carbocycles. The topological polar surface area (TPSA) is 44.1 Å². The molecule has 2 unspecified atom stereocenters. The second kappa shape index (κ2) is 4.79. The zero-order valence-electron chi connectivity index (χ0n) is 11.2. The molecule has 0 spiro atoms. The Kier molecular flexibility index (Phi) is 3.12. The SMILES string of the molecule is CN1C2CCC1CC(C(=O)c1ccc(C#N)cc1)C2. The van der Waals surface area contributed by atoms with Crippen LogP contribution in [-0.2, 0) is 0 Å². The summed E-state index contributed by atoms with van der Waals surface area (Å²) < 4.78 is 0. The zero-order valence-corrected chi connectivity index (χ0v) is 11.2. The molecule has 2 aliphatic heterocycles. The van der Waals surface area contributed by atoms with Crippen molar-refractivity contribution in [2.45, 2.75) is 37.8 Å². The van der Waals surface area contributed by atoms with Crippen molar-refractivity contribution in [2.75, 3.05) is 7.05 Å². The fraction of sp³-hybridized carbons (Fsp3) is 0.500. The maximum atomic E-state index is 12.5. The van der Waals surface area contributed by atoms with Crippen molar-refractivity contribution in [1.29, 1.82) is 5.26 Å². The molecule has 1 aromatic rings. The molecule has 2 saturated heterocycles. The summed E-state index contributed by atoms with van der Waals surface area (Å²) in [6, 6.07) is 10.3. The lowest BCUT2D eigenvalue weighted by Gasteiger charge is -2.35. The minimum absolute atomic E-state index is 0.168. The van der Waals surface area contributed by atoms with Gasteiger partial charge in [0.1, 0.15) is 0 Å². The van der Waals surface area contributed by atoms with Crippen LogP contribution < -0.4 is 0 Å². The standard InChI is InChI=1S/C16H18N2O/c1-18-14-6-7-15(18)9-13(8-14)16(19)12-4-2-11(10-17)3-5-12/h2-5,13-15H,6-9H2,1H3. The number of fused-ring (bicyclic) bond motifs is 2. The van der Waals surface area contributed by atoms with Crippen molar-refractivity contribution in [3.8, 4) is 6.07 Å². The summed E-state index contributed by atoms with van der Waals surface area (Å²) in [4.78, 5) is 15.0. The van der Waals surface area contributed by atoms with Gasteiger partial charge >= 0.3 is 0 Å². The van der Waals surface area contributed by atoms with Gasteiger partial charge in [0.25, 0.3) is 0 Å². The fourth-order valence-corrected chi connectivity index (χ4v) is 3.57. The highest BCUT2D eigenvalue weighted by molar-refractivity contribution is 5.98. The Hall–Kier alpha value is -1.66. The van der Waals surface area contributed by atoms with Gasteiger partial charge in [0, 0.05) is 23.6 Å². The van der Waals surface area contributed by atoms with Crippen LogP contribution in [0.2, 0.25) is 0 Å². The molecule has 0 amide bonds. The van der Waals surface area contributed by atoms with Crippen LogP contribution in [0.15, 0.2) is 24.3 Å². The summed E-state index contributed by atoms with van der Waals surface area (Å²) in [5.41, 5.74) is 1.37. The number of rotatable bonds is 2. The third-order valence-corrected chi connectivity index (χ3v) is 4.77. The van der Waals surface area contributed by atoms with Gasteiger partial charge in [0.2, 0.25) is 0 Å². The van der Waals surface area contributed by atoms with E-state index in [-0.39, 0.29) is 11.7 Å². The van der Waals surface area contributed by atoms with Crippen molar-refractivity contribution >= 4 is 5.78 Å². The molecule has 19 heavy (non-hydrogen) atoms. The molecule has 2 atom stereocenters. The third kappa shape index (κ3) is 2.17. The van der Waals surface area contributed by atoms with E-state index < -0.39 is 0 Å². The number of hydrogen-bond acceptors (Lipinski definition) is 3. The largest absolute Gasteiger partial charge is 0.300 e. The number of hydrogen-bond donors (Lipinski definition) is 0. The van der Waals surface area contributed by atoms with E-state index in [9.17, 15) is 4.79 Å². The van der Waals surface area contributed by atoms with Crippen LogP contribution in [-0.4, -0.2) is 29.8 Å². The number of nitrogens with zero attached hydrogens (tertiary/aromatic N) is 2. The minimum atomic E-state index is 0.168. The molecule has 0 N–H and O–H groups in total. The average molecular weight is 254 g/mol. The normalized spacial score (nSPS) is 30.0. The molecule has 0 radical (unpaired) electrons. The van der Waals surface area contributed by atoms with E-state index >= 15 is 0 Å². The van der Waals surface area contributed by atoms with Crippen LogP contribution in [0.1, 0.15) is 41.6 Å². The Labute approximate surface area is 113 Å². The number of carbonyl (C=O) groups excluding carboxylic acids is 1. The number of Topliss-reactive ketones (excluding diaryl/α,β-unsaturated/α-hetero) is 1. The highest BCUT2D eigenvalue weighted by Crippen LogP contribution is 2.38. The molecule has 98 valence electrons. The number of ketones is 1. The second-order valence-corrected chi connectivity index (χ2v) is 5.77. The number of carbonyl (C=O) groups is 1. The van der Waals surface area contributed by atoms with E-state index in [0.29, 0.717) is 17.6 Å². The summed E-state index contributed by atoms with van der Waals surface area (Å²) in [6.45, 7) is 0. The zero-order chi connectivity index (χ0) is 13.4. The fourth-order valence-electron chi connectivity index (χ4n) is 3.57. The summed E-state index contributed by atoms with van der Waals surface area (Å²) in [6.07, 6.45) is 4.45. The highest BCUT2D eigenvalue weighted by Gasteiger charge is 2.40. The van der Waals surface area contributed by atoms with Crippen molar-refractivity contribution in [2.24, 2.45) is 5.92 Å². The lowest BCUT2D eigenvalue weighted by atomic mass is 9.85. The van der Waals surface area contributed by atoms with Crippen LogP contribution in [0, 0.1) is 17.2 Å². The van der Waals surface area contributed by atoms with E-state index in [1.54, 1.807) is 24.3 Å². The Morgan fingerprint density at radius 3 is 2.32 bits per heavy atom. The van der Waals surface area contributed by atoms with Crippen LogP contribution >= 0.6 is 0 Å². The average Bonchev–Trinajstić information content (AvgIpc) is 2.68. The van der Waals surface area contributed by atoms with E-state index in [1.807, 2.05) is 0 Å². The second-order valence-electron chi connectivity index (χ2n) is 5.77. The van der Waals surface area contributed by atoms with Crippen LogP contribution in [0.5, 0.6) is 0 Å². The van der Waals surface area contributed by atoms with Gasteiger partial charge in [-0.25, -0.2) is 0 Å². The van der Waals surface area contributed by atoms with E-state index in [1.165, 1.54) is 12.8 Å². The van der Waals surface area contributed by atoms with E-state index in [4.69, 9.17) is 5.26 Å². The van der Waals surface area contributed by atoms with Gasteiger partial charge in [0.15, 0.2) is 5.78 Å². The summed E-state index contributed by atoms with van der Waals surface area (Å²) >= 11 is 0. The van der Waals surface area contributed by atoms with Crippen molar-refractivity contribution < 1.29 is 4.79 Å². The molecule has 2 heterocycles. The van der Waals surface area contributed by atoms with Crippen molar-refractivity contribution in [3.63, 3.8) is 0 Å². The van der Waals surface area contributed by atoms with Gasteiger partial charge in [-0.2, -0.15) is 5.26 Å². The number of piperidine rings is 1. The Bertz CT molecular complexity index is 515.